The number of carbonyl (C=O) groups is 2. The van der Waals surface area contributed by atoms with Crippen molar-refractivity contribution in [3.8, 4) is 0 Å². The zero-order valence-electron chi connectivity index (χ0n) is 19.3. The number of aromatic nitrogens is 4. The number of methoxy groups -OCH3 is 1. The standard InChI is InChI=1S/C24H28ClN5O4/c1-14-6-7-18-19(29(14)24(33)34-2)8-9-20-22(18)27-21(13-28-12-16(25)11-26-28)30(20)17-5-3-4-15(10-17)23(31)32/h8-9,11-12,14-15,17H,3-7,10,13H2,1-2H3,(H,31,32)/t14-,15+,17+/m0/s1. The van der Waals surface area contributed by atoms with E-state index < -0.39 is 5.97 Å². The van der Waals surface area contributed by atoms with E-state index in [0.717, 1.165) is 53.8 Å². The van der Waals surface area contributed by atoms with Crippen LogP contribution >= 0.6 is 11.6 Å². The lowest BCUT2D eigenvalue weighted by molar-refractivity contribution is -0.143. The number of benzene rings is 1. The molecule has 34 heavy (non-hydrogen) atoms. The van der Waals surface area contributed by atoms with Crippen LogP contribution in [0.3, 0.4) is 0 Å². The Balaban J connectivity index is 1.65. The summed E-state index contributed by atoms with van der Waals surface area (Å²) < 4.78 is 8.99. The van der Waals surface area contributed by atoms with Gasteiger partial charge in [-0.05, 0) is 51.2 Å². The summed E-state index contributed by atoms with van der Waals surface area (Å²) in [4.78, 5) is 31.0. The third-order valence-electron chi connectivity index (χ3n) is 7.17. The van der Waals surface area contributed by atoms with Crippen LogP contribution in [0.5, 0.6) is 0 Å². The van der Waals surface area contributed by atoms with Gasteiger partial charge in [-0.2, -0.15) is 5.10 Å². The molecular weight excluding hydrogens is 458 g/mol. The SMILES string of the molecule is COC(=O)N1c2ccc3c(nc(Cn4cc(Cl)cn4)n3[C@@H]3CCC[C@@H](C(=O)O)C3)c2CC[C@@H]1C. The van der Waals surface area contributed by atoms with E-state index in [-0.39, 0.29) is 24.1 Å². The van der Waals surface area contributed by atoms with Crippen molar-refractivity contribution >= 4 is 40.4 Å². The highest BCUT2D eigenvalue weighted by Crippen LogP contribution is 2.40. The number of amides is 1. The number of carbonyl (C=O) groups excluding carboxylic acids is 1. The molecule has 3 aromatic rings. The molecule has 1 aliphatic carbocycles. The lowest BCUT2D eigenvalue weighted by Gasteiger charge is -2.34. The van der Waals surface area contributed by atoms with E-state index in [1.807, 2.05) is 19.1 Å². The van der Waals surface area contributed by atoms with Gasteiger partial charge in [-0.3, -0.25) is 14.4 Å². The van der Waals surface area contributed by atoms with Gasteiger partial charge in [-0.15, -0.1) is 0 Å². The van der Waals surface area contributed by atoms with Crippen molar-refractivity contribution in [2.45, 2.75) is 64.1 Å². The Morgan fingerprint density at radius 1 is 1.26 bits per heavy atom. The summed E-state index contributed by atoms with van der Waals surface area (Å²) in [5.74, 6) is -0.298. The molecule has 10 heteroatoms. The first-order valence-corrected chi connectivity index (χ1v) is 12.1. The van der Waals surface area contributed by atoms with E-state index in [0.29, 0.717) is 24.4 Å². The van der Waals surface area contributed by atoms with Gasteiger partial charge in [0.25, 0.3) is 0 Å². The molecule has 2 aliphatic rings. The zero-order chi connectivity index (χ0) is 24.0. The van der Waals surface area contributed by atoms with Crippen molar-refractivity contribution < 1.29 is 19.4 Å². The predicted octanol–water partition coefficient (Wildman–Crippen LogP) is 4.66. The van der Waals surface area contributed by atoms with Crippen LogP contribution in [-0.4, -0.2) is 49.7 Å². The quantitative estimate of drug-likeness (QED) is 0.576. The summed E-state index contributed by atoms with van der Waals surface area (Å²) in [6.45, 7) is 2.44. The van der Waals surface area contributed by atoms with Gasteiger partial charge in [0.2, 0.25) is 0 Å². The van der Waals surface area contributed by atoms with Crippen LogP contribution < -0.4 is 4.90 Å². The lowest BCUT2D eigenvalue weighted by atomic mass is 9.85. The van der Waals surface area contributed by atoms with Crippen molar-refractivity contribution in [3.05, 3.63) is 40.9 Å². The number of aryl methyl sites for hydroxylation is 1. The number of carboxylic acids is 1. The Labute approximate surface area is 202 Å². The van der Waals surface area contributed by atoms with Crippen LogP contribution in [-0.2, 0) is 22.5 Å². The minimum Gasteiger partial charge on any atom is -0.481 e. The number of hydrogen-bond donors (Lipinski definition) is 1. The first-order chi connectivity index (χ1) is 16.4. The number of anilines is 1. The van der Waals surface area contributed by atoms with E-state index in [4.69, 9.17) is 21.3 Å². The van der Waals surface area contributed by atoms with E-state index in [1.165, 1.54) is 7.11 Å². The highest BCUT2D eigenvalue weighted by Gasteiger charge is 2.34. The molecule has 2 aromatic heterocycles. The number of rotatable bonds is 4. The molecule has 0 spiro atoms. The molecular formula is C24H28ClN5O4. The Bertz CT molecular complexity index is 1250. The van der Waals surface area contributed by atoms with Crippen molar-refractivity contribution in [2.24, 2.45) is 5.92 Å². The van der Waals surface area contributed by atoms with Crippen LogP contribution in [0.25, 0.3) is 11.0 Å². The monoisotopic (exact) mass is 485 g/mol. The summed E-state index contributed by atoms with van der Waals surface area (Å²) >= 11 is 6.09. The molecule has 1 saturated carbocycles. The fraction of sp³-hybridized carbons (Fsp3) is 0.500. The second-order valence-corrected chi connectivity index (χ2v) is 9.70. The molecule has 3 heterocycles. The predicted molar refractivity (Wildman–Crippen MR) is 127 cm³/mol. The van der Waals surface area contributed by atoms with Crippen LogP contribution in [0.4, 0.5) is 10.5 Å². The maximum atomic E-state index is 12.5. The van der Waals surface area contributed by atoms with Gasteiger partial charge in [0, 0.05) is 23.8 Å². The van der Waals surface area contributed by atoms with Gasteiger partial charge in [-0.25, -0.2) is 9.78 Å². The maximum absolute atomic E-state index is 12.5. The topological polar surface area (TPSA) is 102 Å². The van der Waals surface area contributed by atoms with E-state index in [2.05, 4.69) is 9.67 Å². The highest BCUT2D eigenvalue weighted by atomic mass is 35.5. The van der Waals surface area contributed by atoms with Crippen molar-refractivity contribution in [2.75, 3.05) is 12.0 Å². The number of fused-ring (bicyclic) bond motifs is 3. The average molecular weight is 486 g/mol. The average Bonchev–Trinajstić information content (AvgIpc) is 3.41. The molecule has 0 saturated heterocycles. The van der Waals surface area contributed by atoms with Gasteiger partial charge < -0.3 is 14.4 Å². The Morgan fingerprint density at radius 3 is 2.79 bits per heavy atom. The molecule has 1 fully saturated rings. The van der Waals surface area contributed by atoms with Gasteiger partial charge in [0.1, 0.15) is 5.82 Å². The number of imidazole rings is 1. The lowest BCUT2D eigenvalue weighted by Crippen LogP contribution is -2.42. The Morgan fingerprint density at radius 2 is 2.09 bits per heavy atom. The summed E-state index contributed by atoms with van der Waals surface area (Å²) in [7, 11) is 1.39. The molecule has 1 amide bonds. The van der Waals surface area contributed by atoms with Crippen LogP contribution in [0, 0.1) is 5.92 Å². The minimum absolute atomic E-state index is 0.0261. The molecule has 3 atom stereocenters. The van der Waals surface area contributed by atoms with Crippen molar-refractivity contribution in [1.82, 2.24) is 19.3 Å². The van der Waals surface area contributed by atoms with Crippen LogP contribution in [0.1, 0.15) is 56.5 Å². The summed E-state index contributed by atoms with van der Waals surface area (Å²) in [6, 6.07) is 4.02. The molecule has 180 valence electrons. The first-order valence-electron chi connectivity index (χ1n) is 11.7. The molecule has 0 radical (unpaired) electrons. The maximum Gasteiger partial charge on any atom is 0.414 e. The van der Waals surface area contributed by atoms with Gasteiger partial charge in [-0.1, -0.05) is 18.0 Å². The molecule has 1 aliphatic heterocycles. The normalized spacial score (nSPS) is 22.6. The second-order valence-electron chi connectivity index (χ2n) is 9.27. The number of halogens is 1. The number of carboxylic acid groups (broad SMARTS) is 1. The summed E-state index contributed by atoms with van der Waals surface area (Å²) in [6.07, 6.45) is 7.58. The van der Waals surface area contributed by atoms with Gasteiger partial charge in [0.05, 0.1) is 47.5 Å². The number of nitrogens with zero attached hydrogens (tertiary/aromatic N) is 5. The van der Waals surface area contributed by atoms with Gasteiger partial charge >= 0.3 is 12.1 Å². The molecule has 1 N–H and O–H groups in total. The third-order valence-corrected chi connectivity index (χ3v) is 7.36. The van der Waals surface area contributed by atoms with E-state index in [1.54, 1.807) is 22.0 Å². The fourth-order valence-electron chi connectivity index (χ4n) is 5.53. The molecule has 5 rings (SSSR count). The number of aliphatic carboxylic acids is 1. The number of hydrogen-bond acceptors (Lipinski definition) is 5. The van der Waals surface area contributed by atoms with E-state index >= 15 is 0 Å². The fourth-order valence-corrected chi connectivity index (χ4v) is 5.69. The first kappa shape index (κ1) is 22.7. The van der Waals surface area contributed by atoms with Crippen molar-refractivity contribution in [1.29, 1.82) is 0 Å². The molecule has 0 bridgehead atoms. The minimum atomic E-state index is -0.741. The van der Waals surface area contributed by atoms with Crippen LogP contribution in [0.2, 0.25) is 5.02 Å². The largest absolute Gasteiger partial charge is 0.481 e. The third kappa shape index (κ3) is 3.91. The summed E-state index contributed by atoms with van der Waals surface area (Å²) in [5.41, 5.74) is 3.65. The smallest absolute Gasteiger partial charge is 0.414 e. The van der Waals surface area contributed by atoms with Crippen molar-refractivity contribution in [3.63, 3.8) is 0 Å². The van der Waals surface area contributed by atoms with Crippen LogP contribution in [0.15, 0.2) is 24.5 Å². The highest BCUT2D eigenvalue weighted by molar-refractivity contribution is 6.30. The Kier molecular flexibility index (Phi) is 5.97. The Hall–Kier alpha value is -3.07. The molecule has 9 nitrogen and oxygen atoms in total. The van der Waals surface area contributed by atoms with Gasteiger partial charge in [0.15, 0.2) is 0 Å². The van der Waals surface area contributed by atoms with E-state index in [9.17, 15) is 14.7 Å². The number of ether oxygens (including phenoxy) is 1. The molecule has 1 aromatic carbocycles. The molecule has 0 unspecified atom stereocenters. The summed E-state index contributed by atoms with van der Waals surface area (Å²) in [5, 5.41) is 14.5. The second kappa shape index (κ2) is 8.94. The zero-order valence-corrected chi connectivity index (χ0v) is 20.0.